The van der Waals surface area contributed by atoms with Crippen LogP contribution < -0.4 is 0 Å². The first-order valence-electron chi connectivity index (χ1n) is 8.36. The van der Waals surface area contributed by atoms with Gasteiger partial charge in [-0.2, -0.15) is 9.40 Å². The summed E-state index contributed by atoms with van der Waals surface area (Å²) in [5, 5.41) is 7.02. The molecule has 1 N–H and O–H groups in total. The first-order chi connectivity index (χ1) is 12.3. The van der Waals surface area contributed by atoms with E-state index >= 15 is 0 Å². The topological polar surface area (TPSA) is 86.4 Å². The van der Waals surface area contributed by atoms with E-state index in [1.165, 1.54) is 15.6 Å². The van der Waals surface area contributed by atoms with Gasteiger partial charge in [0.25, 0.3) is 15.9 Å². The highest BCUT2D eigenvalue weighted by Crippen LogP contribution is 2.29. The number of carbonyl (C=O) groups is 1. The third-order valence-corrected chi connectivity index (χ3v) is 8.14. The number of carbonyl (C=O) groups excluding carboxylic acids is 1. The Balaban J connectivity index is 1.63. The summed E-state index contributed by atoms with van der Waals surface area (Å²) in [6.07, 6.45) is 0.836. The van der Waals surface area contributed by atoms with Gasteiger partial charge in [-0.05, 0) is 46.5 Å². The maximum absolute atomic E-state index is 12.6. The number of piperazine rings is 1. The van der Waals surface area contributed by atoms with Gasteiger partial charge in [0.05, 0.1) is 3.79 Å². The summed E-state index contributed by atoms with van der Waals surface area (Å²) in [7, 11) is -3.50. The largest absolute Gasteiger partial charge is 0.335 e. The monoisotopic (exact) mass is 460 g/mol. The van der Waals surface area contributed by atoms with Gasteiger partial charge in [0.1, 0.15) is 9.90 Å². The fourth-order valence-electron chi connectivity index (χ4n) is 2.87. The van der Waals surface area contributed by atoms with Gasteiger partial charge in [-0.15, -0.1) is 11.3 Å². The Morgan fingerprint density at radius 2 is 2.00 bits per heavy atom. The number of thiophene rings is 1. The van der Waals surface area contributed by atoms with Crippen molar-refractivity contribution in [3.8, 4) is 0 Å². The molecule has 1 fully saturated rings. The number of hydrogen-bond acceptors (Lipinski definition) is 5. The van der Waals surface area contributed by atoms with Gasteiger partial charge in [-0.25, -0.2) is 8.42 Å². The summed E-state index contributed by atoms with van der Waals surface area (Å²) in [4.78, 5) is 14.3. The number of aromatic nitrogens is 2. The molecule has 26 heavy (non-hydrogen) atoms. The van der Waals surface area contributed by atoms with Crippen LogP contribution in [0.5, 0.6) is 0 Å². The van der Waals surface area contributed by atoms with Crippen molar-refractivity contribution in [1.29, 1.82) is 0 Å². The lowest BCUT2D eigenvalue weighted by molar-refractivity contribution is 0.0692. The van der Waals surface area contributed by atoms with Gasteiger partial charge in [0, 0.05) is 31.9 Å². The number of sulfonamides is 1. The van der Waals surface area contributed by atoms with Gasteiger partial charge < -0.3 is 4.90 Å². The van der Waals surface area contributed by atoms with E-state index in [-0.39, 0.29) is 19.0 Å². The molecule has 0 aromatic carbocycles. The molecule has 10 heteroatoms. The summed E-state index contributed by atoms with van der Waals surface area (Å²) in [5.41, 5.74) is 1.33. The van der Waals surface area contributed by atoms with Crippen LogP contribution in [0.4, 0.5) is 0 Å². The van der Waals surface area contributed by atoms with E-state index in [2.05, 4.69) is 40.0 Å². The zero-order valence-corrected chi connectivity index (χ0v) is 17.8. The van der Waals surface area contributed by atoms with Crippen LogP contribution in [0.25, 0.3) is 0 Å². The molecule has 2 aromatic rings. The number of halogens is 1. The van der Waals surface area contributed by atoms with Crippen molar-refractivity contribution in [2.45, 2.75) is 24.5 Å². The zero-order valence-electron chi connectivity index (χ0n) is 14.6. The van der Waals surface area contributed by atoms with Crippen LogP contribution in [0.15, 0.2) is 26.2 Å². The normalized spacial score (nSPS) is 16.4. The maximum atomic E-state index is 12.6. The molecule has 2 aromatic heterocycles. The fraction of sp³-hybridized carbons (Fsp3) is 0.500. The minimum Gasteiger partial charge on any atom is -0.335 e. The SMILES string of the molecule is CC(C)Cc1cc(C(=O)N2CCN(S(=O)(=O)c3ccc(Br)s3)CC2)n[nH]1. The van der Waals surface area contributed by atoms with Crippen molar-refractivity contribution in [3.63, 3.8) is 0 Å². The zero-order chi connectivity index (χ0) is 18.9. The van der Waals surface area contributed by atoms with Crippen LogP contribution in [0, 0.1) is 5.92 Å². The van der Waals surface area contributed by atoms with Gasteiger partial charge in [0.2, 0.25) is 0 Å². The fourth-order valence-corrected chi connectivity index (χ4v) is 6.46. The number of nitrogens with zero attached hydrogens (tertiary/aromatic N) is 3. The van der Waals surface area contributed by atoms with E-state index in [1.807, 2.05) is 0 Å². The molecule has 0 radical (unpaired) electrons. The standard InChI is InChI=1S/C16H21BrN4O3S2/c1-11(2)9-12-10-13(19-18-12)16(22)20-5-7-21(8-6-20)26(23,24)15-4-3-14(17)25-15/h3-4,10-11H,5-9H2,1-2H3,(H,18,19). The van der Waals surface area contributed by atoms with E-state index in [0.29, 0.717) is 28.9 Å². The van der Waals surface area contributed by atoms with Crippen molar-refractivity contribution in [2.75, 3.05) is 26.2 Å². The molecule has 0 aliphatic carbocycles. The second-order valence-electron chi connectivity index (χ2n) is 6.63. The number of nitrogens with one attached hydrogen (secondary N) is 1. The molecule has 1 aliphatic heterocycles. The Bertz CT molecular complexity index is 883. The second kappa shape index (κ2) is 7.79. The van der Waals surface area contributed by atoms with E-state index in [9.17, 15) is 13.2 Å². The van der Waals surface area contributed by atoms with Gasteiger partial charge in [0.15, 0.2) is 0 Å². The average molecular weight is 461 g/mol. The lowest BCUT2D eigenvalue weighted by Gasteiger charge is -2.33. The molecule has 3 rings (SSSR count). The lowest BCUT2D eigenvalue weighted by atomic mass is 10.1. The van der Waals surface area contributed by atoms with Crippen LogP contribution in [0.1, 0.15) is 30.0 Å². The highest BCUT2D eigenvalue weighted by molar-refractivity contribution is 9.11. The summed E-state index contributed by atoms with van der Waals surface area (Å²) >= 11 is 4.48. The van der Waals surface area contributed by atoms with Crippen LogP contribution in [0.2, 0.25) is 0 Å². The molecular formula is C16H21BrN4O3S2. The molecule has 1 saturated heterocycles. The smallest absolute Gasteiger partial charge is 0.274 e. The van der Waals surface area contributed by atoms with Gasteiger partial charge in [-0.1, -0.05) is 13.8 Å². The minimum atomic E-state index is -3.50. The Kier molecular flexibility index (Phi) is 5.85. The third kappa shape index (κ3) is 4.19. The Labute approximate surface area is 165 Å². The molecule has 0 spiro atoms. The molecule has 1 amide bonds. The molecule has 0 bridgehead atoms. The second-order valence-corrected chi connectivity index (χ2v) is 11.3. The minimum absolute atomic E-state index is 0.160. The summed E-state index contributed by atoms with van der Waals surface area (Å²) in [6.45, 7) is 5.50. The van der Waals surface area contributed by atoms with Gasteiger partial charge >= 0.3 is 0 Å². The summed E-state index contributed by atoms with van der Waals surface area (Å²) in [6, 6.07) is 5.11. The highest BCUT2D eigenvalue weighted by atomic mass is 79.9. The van der Waals surface area contributed by atoms with Crippen LogP contribution in [-0.4, -0.2) is 59.9 Å². The van der Waals surface area contributed by atoms with Crippen LogP contribution >= 0.6 is 27.3 Å². The molecule has 0 unspecified atom stereocenters. The maximum Gasteiger partial charge on any atom is 0.274 e. The molecular weight excluding hydrogens is 440 g/mol. The quantitative estimate of drug-likeness (QED) is 0.742. The van der Waals surface area contributed by atoms with E-state index in [0.717, 1.165) is 15.9 Å². The molecule has 142 valence electrons. The number of rotatable bonds is 5. The van der Waals surface area contributed by atoms with Crippen molar-refractivity contribution in [1.82, 2.24) is 19.4 Å². The van der Waals surface area contributed by atoms with E-state index in [1.54, 1.807) is 23.1 Å². The molecule has 0 atom stereocenters. The predicted molar refractivity (Wildman–Crippen MR) is 104 cm³/mol. The first-order valence-corrected chi connectivity index (χ1v) is 11.4. The first kappa shape index (κ1) is 19.5. The highest BCUT2D eigenvalue weighted by Gasteiger charge is 2.31. The molecule has 7 nitrogen and oxygen atoms in total. The van der Waals surface area contributed by atoms with Crippen molar-refractivity contribution < 1.29 is 13.2 Å². The van der Waals surface area contributed by atoms with Gasteiger partial charge in [-0.3, -0.25) is 9.89 Å². The van der Waals surface area contributed by atoms with Crippen molar-refractivity contribution in [3.05, 3.63) is 33.4 Å². The average Bonchev–Trinajstić information content (AvgIpc) is 3.23. The van der Waals surface area contributed by atoms with Crippen molar-refractivity contribution in [2.24, 2.45) is 5.92 Å². The molecule has 1 aliphatic rings. The Hall–Kier alpha value is -1.23. The van der Waals surface area contributed by atoms with E-state index in [4.69, 9.17) is 0 Å². The Morgan fingerprint density at radius 3 is 2.58 bits per heavy atom. The van der Waals surface area contributed by atoms with Crippen LogP contribution in [0.3, 0.4) is 0 Å². The Morgan fingerprint density at radius 1 is 1.31 bits per heavy atom. The number of hydrogen-bond donors (Lipinski definition) is 1. The third-order valence-electron chi connectivity index (χ3n) is 4.15. The number of H-pyrrole nitrogens is 1. The summed E-state index contributed by atoms with van der Waals surface area (Å²) in [5.74, 6) is 0.316. The van der Waals surface area contributed by atoms with Crippen molar-refractivity contribution >= 4 is 43.2 Å². The van der Waals surface area contributed by atoms with Crippen LogP contribution in [-0.2, 0) is 16.4 Å². The lowest BCUT2D eigenvalue weighted by Crippen LogP contribution is -2.50. The molecule has 3 heterocycles. The number of aromatic amines is 1. The predicted octanol–water partition coefficient (Wildman–Crippen LogP) is 2.58. The number of amides is 1. The van der Waals surface area contributed by atoms with E-state index < -0.39 is 10.0 Å². The molecule has 0 saturated carbocycles. The summed E-state index contributed by atoms with van der Waals surface area (Å²) < 4.78 is 27.8.